The number of likely N-dealkylation sites (N-methyl/N-ethyl adjacent to an activating group) is 1. The molecule has 1 N–H and O–H groups in total. The molecule has 3 unspecified atom stereocenters. The molecule has 0 amide bonds. The second-order valence-electron chi connectivity index (χ2n) is 6.78. The molecule has 1 heterocycles. The van der Waals surface area contributed by atoms with E-state index in [9.17, 15) is 5.11 Å². The minimum atomic E-state index is -0.263. The lowest BCUT2D eigenvalue weighted by Gasteiger charge is -2.48. The van der Waals surface area contributed by atoms with Gasteiger partial charge in [-0.1, -0.05) is 19.8 Å². The van der Waals surface area contributed by atoms with E-state index in [2.05, 4.69) is 31.0 Å². The summed E-state index contributed by atoms with van der Waals surface area (Å²) in [6, 6.07) is 0. The predicted molar refractivity (Wildman–Crippen MR) is 81.6 cm³/mol. The van der Waals surface area contributed by atoms with Gasteiger partial charge < -0.3 is 10.0 Å². The molecule has 3 atom stereocenters. The monoisotopic (exact) mass is 279 g/mol. The molecule has 1 aliphatic carbocycles. The standard InChI is InChI=1S/C16H29N3O/c1-13-6-5-9-16(10-13,18(2)3)15(20)8-7-14-11-17-19(4)12-14/h11-13,15,20H,5-10H2,1-4H3. The molecule has 2 rings (SSSR count). The maximum Gasteiger partial charge on any atom is 0.0726 e. The van der Waals surface area contributed by atoms with Gasteiger partial charge in [0.05, 0.1) is 12.3 Å². The first-order chi connectivity index (χ1) is 9.44. The van der Waals surface area contributed by atoms with E-state index in [0.29, 0.717) is 5.92 Å². The molecule has 0 bridgehead atoms. The summed E-state index contributed by atoms with van der Waals surface area (Å²) in [5.74, 6) is 0.708. The van der Waals surface area contributed by atoms with E-state index in [1.807, 2.05) is 24.1 Å². The highest BCUT2D eigenvalue weighted by atomic mass is 16.3. The summed E-state index contributed by atoms with van der Waals surface area (Å²) in [4.78, 5) is 2.26. The van der Waals surface area contributed by atoms with Crippen molar-refractivity contribution in [3.8, 4) is 0 Å². The van der Waals surface area contributed by atoms with E-state index in [-0.39, 0.29) is 11.6 Å². The van der Waals surface area contributed by atoms with Crippen molar-refractivity contribution in [3.05, 3.63) is 18.0 Å². The van der Waals surface area contributed by atoms with Crippen molar-refractivity contribution in [2.75, 3.05) is 14.1 Å². The molecule has 1 aromatic heterocycles. The van der Waals surface area contributed by atoms with Gasteiger partial charge in [-0.05, 0) is 51.3 Å². The van der Waals surface area contributed by atoms with Crippen LogP contribution in [-0.2, 0) is 13.5 Å². The van der Waals surface area contributed by atoms with Crippen LogP contribution in [0.5, 0.6) is 0 Å². The number of aryl methyl sites for hydroxylation is 2. The Balaban J connectivity index is 2.01. The van der Waals surface area contributed by atoms with Gasteiger partial charge in [-0.15, -0.1) is 0 Å². The maximum atomic E-state index is 10.8. The third-order valence-corrected chi connectivity index (χ3v) is 4.98. The molecule has 1 saturated carbocycles. The summed E-state index contributed by atoms with van der Waals surface area (Å²) in [6.07, 6.45) is 10.1. The summed E-state index contributed by atoms with van der Waals surface area (Å²) in [6.45, 7) is 2.31. The number of nitrogens with zero attached hydrogens (tertiary/aromatic N) is 3. The van der Waals surface area contributed by atoms with Gasteiger partial charge in [-0.25, -0.2) is 0 Å². The van der Waals surface area contributed by atoms with Crippen molar-refractivity contribution in [3.63, 3.8) is 0 Å². The summed E-state index contributed by atoms with van der Waals surface area (Å²) in [5.41, 5.74) is 1.17. The van der Waals surface area contributed by atoms with Crippen molar-refractivity contribution in [2.45, 2.75) is 57.1 Å². The Hall–Kier alpha value is -0.870. The second-order valence-corrected chi connectivity index (χ2v) is 6.78. The molecule has 0 spiro atoms. The zero-order chi connectivity index (χ0) is 14.8. The van der Waals surface area contributed by atoms with Gasteiger partial charge in [0.25, 0.3) is 0 Å². The number of hydrogen-bond acceptors (Lipinski definition) is 3. The molecule has 0 aliphatic heterocycles. The number of rotatable bonds is 5. The van der Waals surface area contributed by atoms with Crippen LogP contribution >= 0.6 is 0 Å². The lowest BCUT2D eigenvalue weighted by Crippen LogP contribution is -2.56. The van der Waals surface area contributed by atoms with Crippen molar-refractivity contribution >= 4 is 0 Å². The van der Waals surface area contributed by atoms with Crippen LogP contribution in [0.15, 0.2) is 12.4 Å². The van der Waals surface area contributed by atoms with Gasteiger partial charge in [0.1, 0.15) is 0 Å². The molecule has 0 radical (unpaired) electrons. The van der Waals surface area contributed by atoms with E-state index in [1.54, 1.807) is 0 Å². The van der Waals surface area contributed by atoms with Gasteiger partial charge in [0.15, 0.2) is 0 Å². The van der Waals surface area contributed by atoms with Crippen LogP contribution in [0.3, 0.4) is 0 Å². The average Bonchev–Trinajstić information content (AvgIpc) is 2.81. The fraction of sp³-hybridized carbons (Fsp3) is 0.812. The summed E-state index contributed by atoms with van der Waals surface area (Å²) < 4.78 is 1.83. The van der Waals surface area contributed by atoms with E-state index in [1.165, 1.54) is 18.4 Å². The first-order valence-electron chi connectivity index (χ1n) is 7.77. The predicted octanol–water partition coefficient (Wildman–Crippen LogP) is 2.22. The minimum absolute atomic E-state index is 0.0418. The number of aromatic nitrogens is 2. The largest absolute Gasteiger partial charge is 0.391 e. The van der Waals surface area contributed by atoms with Gasteiger partial charge in [-0.2, -0.15) is 5.10 Å². The van der Waals surface area contributed by atoms with Crippen molar-refractivity contribution in [2.24, 2.45) is 13.0 Å². The number of aliphatic hydroxyl groups is 1. The molecule has 0 aromatic carbocycles. The van der Waals surface area contributed by atoms with Gasteiger partial charge in [-0.3, -0.25) is 4.68 Å². The van der Waals surface area contributed by atoms with Crippen molar-refractivity contribution in [1.82, 2.24) is 14.7 Å². The first kappa shape index (κ1) is 15.5. The summed E-state index contributed by atoms with van der Waals surface area (Å²) in [5, 5.41) is 15.0. The second kappa shape index (κ2) is 6.27. The van der Waals surface area contributed by atoms with Crippen molar-refractivity contribution < 1.29 is 5.11 Å². The molecule has 1 fully saturated rings. The van der Waals surface area contributed by atoms with Gasteiger partial charge in [0, 0.05) is 18.8 Å². The molecule has 0 saturated heterocycles. The van der Waals surface area contributed by atoms with E-state index in [4.69, 9.17) is 0 Å². The molecule has 20 heavy (non-hydrogen) atoms. The van der Waals surface area contributed by atoms with Crippen LogP contribution in [0.2, 0.25) is 0 Å². The molecule has 4 heteroatoms. The molecule has 1 aliphatic rings. The van der Waals surface area contributed by atoms with Crippen LogP contribution < -0.4 is 0 Å². The minimum Gasteiger partial charge on any atom is -0.391 e. The quantitative estimate of drug-likeness (QED) is 0.898. The molecule has 1 aromatic rings. The molecular weight excluding hydrogens is 250 g/mol. The highest BCUT2D eigenvalue weighted by molar-refractivity contribution is 5.06. The van der Waals surface area contributed by atoms with Gasteiger partial charge in [0.2, 0.25) is 0 Å². The fourth-order valence-corrected chi connectivity index (χ4v) is 3.74. The smallest absolute Gasteiger partial charge is 0.0726 e. The van der Waals surface area contributed by atoms with E-state index < -0.39 is 0 Å². The third-order valence-electron chi connectivity index (χ3n) is 4.98. The average molecular weight is 279 g/mol. The Labute approximate surface area is 122 Å². The Bertz CT molecular complexity index is 429. The highest BCUT2D eigenvalue weighted by Crippen LogP contribution is 2.39. The molecule has 114 valence electrons. The number of hydrogen-bond donors (Lipinski definition) is 1. The Morgan fingerprint density at radius 3 is 2.85 bits per heavy atom. The summed E-state index contributed by atoms with van der Waals surface area (Å²) in [7, 11) is 6.17. The molecular formula is C16H29N3O. The zero-order valence-corrected chi connectivity index (χ0v) is 13.3. The molecule has 4 nitrogen and oxygen atoms in total. The lowest BCUT2D eigenvalue weighted by atomic mass is 9.71. The fourth-order valence-electron chi connectivity index (χ4n) is 3.74. The first-order valence-corrected chi connectivity index (χ1v) is 7.77. The summed E-state index contributed by atoms with van der Waals surface area (Å²) >= 11 is 0. The maximum absolute atomic E-state index is 10.8. The van der Waals surface area contributed by atoms with Crippen LogP contribution in [-0.4, -0.2) is 45.5 Å². The zero-order valence-electron chi connectivity index (χ0n) is 13.3. The lowest BCUT2D eigenvalue weighted by molar-refractivity contribution is -0.0464. The van der Waals surface area contributed by atoms with Crippen LogP contribution in [0, 0.1) is 5.92 Å². The van der Waals surface area contributed by atoms with Crippen molar-refractivity contribution in [1.29, 1.82) is 0 Å². The SMILES string of the molecule is CC1CCCC(C(O)CCc2cnn(C)c2)(N(C)C)C1. The Kier molecular flexibility index (Phi) is 4.86. The van der Waals surface area contributed by atoms with Crippen LogP contribution in [0.1, 0.15) is 44.6 Å². The van der Waals surface area contributed by atoms with Gasteiger partial charge >= 0.3 is 0 Å². The Morgan fingerprint density at radius 2 is 2.30 bits per heavy atom. The highest BCUT2D eigenvalue weighted by Gasteiger charge is 2.42. The van der Waals surface area contributed by atoms with Crippen LogP contribution in [0.25, 0.3) is 0 Å². The Morgan fingerprint density at radius 1 is 1.55 bits per heavy atom. The van der Waals surface area contributed by atoms with E-state index >= 15 is 0 Å². The van der Waals surface area contributed by atoms with Crippen LogP contribution in [0.4, 0.5) is 0 Å². The number of aliphatic hydroxyl groups excluding tert-OH is 1. The van der Waals surface area contributed by atoms with E-state index in [0.717, 1.165) is 25.7 Å². The normalized spacial score (nSPS) is 28.8. The third kappa shape index (κ3) is 3.23. The topological polar surface area (TPSA) is 41.3 Å².